The molecule has 4 aromatic rings. The summed E-state index contributed by atoms with van der Waals surface area (Å²) in [6, 6.07) is 17.8. The van der Waals surface area contributed by atoms with E-state index in [-0.39, 0.29) is 30.6 Å². The summed E-state index contributed by atoms with van der Waals surface area (Å²) in [7, 11) is 0. The van der Waals surface area contributed by atoms with E-state index < -0.39 is 5.97 Å². The van der Waals surface area contributed by atoms with E-state index in [0.717, 1.165) is 17.3 Å². The van der Waals surface area contributed by atoms with E-state index in [1.165, 1.54) is 6.26 Å². The molecule has 1 aliphatic rings. The molecule has 0 fully saturated rings. The van der Waals surface area contributed by atoms with E-state index in [0.29, 0.717) is 33.8 Å². The topological polar surface area (TPSA) is 113 Å². The number of hydrogen-bond donors (Lipinski definition) is 1. The maximum absolute atomic E-state index is 12.7. The number of fused-ring (bicyclic) bond motifs is 1. The lowest BCUT2D eigenvalue weighted by molar-refractivity contribution is -0.113. The summed E-state index contributed by atoms with van der Waals surface area (Å²) in [5.74, 6) is 0.887. The fourth-order valence-electron chi connectivity index (χ4n) is 3.27. The molecule has 2 aromatic heterocycles. The molecule has 0 unspecified atom stereocenters. The van der Waals surface area contributed by atoms with E-state index in [1.54, 1.807) is 36.5 Å². The highest BCUT2D eigenvalue weighted by molar-refractivity contribution is 8.00. The van der Waals surface area contributed by atoms with Crippen molar-refractivity contribution in [1.29, 1.82) is 0 Å². The number of thioether (sulfide) groups is 1. The minimum Gasteiger partial charge on any atom is -0.455 e. The maximum atomic E-state index is 12.7. The van der Waals surface area contributed by atoms with E-state index in [4.69, 9.17) is 18.6 Å². The number of nitrogens with zero attached hydrogens (tertiary/aromatic N) is 2. The third-order valence-electron chi connectivity index (χ3n) is 4.91. The fourth-order valence-corrected chi connectivity index (χ4v) is 4.05. The fraction of sp³-hybridized carbons (Fsp3) is 0.120. The van der Waals surface area contributed by atoms with Gasteiger partial charge in [-0.15, -0.1) is 0 Å². The van der Waals surface area contributed by atoms with Gasteiger partial charge in [0, 0.05) is 23.5 Å². The first kappa shape index (κ1) is 22.5. The SMILES string of the molecule is O=C(CSc1ncccc1C(=O)OCc1coc(-c2ccccc2)n1)Nc1ccc2c(c1)OCO2. The second-order valence-corrected chi connectivity index (χ2v) is 8.31. The predicted octanol–water partition coefficient (Wildman–Crippen LogP) is 4.55. The normalized spacial score (nSPS) is 11.8. The van der Waals surface area contributed by atoms with Gasteiger partial charge in [0.25, 0.3) is 0 Å². The van der Waals surface area contributed by atoms with Gasteiger partial charge in [-0.2, -0.15) is 0 Å². The summed E-state index contributed by atoms with van der Waals surface area (Å²) >= 11 is 1.14. The standard InChI is InChI=1S/C25H19N3O6S/c29-22(27-17-8-9-20-21(11-17)34-15-33-20)14-35-24-19(7-4-10-26-24)25(30)32-13-18-12-31-23(28-18)16-5-2-1-3-6-16/h1-12H,13-15H2,(H,27,29). The minimum absolute atomic E-state index is 0.0510. The molecule has 0 bridgehead atoms. The second-order valence-electron chi connectivity index (χ2n) is 7.35. The monoisotopic (exact) mass is 489 g/mol. The van der Waals surface area contributed by atoms with Crippen LogP contribution in [0.3, 0.4) is 0 Å². The average molecular weight is 490 g/mol. The molecule has 1 N–H and O–H groups in total. The lowest BCUT2D eigenvalue weighted by Gasteiger charge is -2.09. The highest BCUT2D eigenvalue weighted by Crippen LogP contribution is 2.34. The van der Waals surface area contributed by atoms with Crippen LogP contribution in [0.1, 0.15) is 16.1 Å². The van der Waals surface area contributed by atoms with Gasteiger partial charge in [-0.3, -0.25) is 4.79 Å². The number of aromatic nitrogens is 2. The second kappa shape index (κ2) is 10.3. The third-order valence-corrected chi connectivity index (χ3v) is 5.92. The Morgan fingerprint density at radius 1 is 1.03 bits per heavy atom. The molecule has 0 radical (unpaired) electrons. The molecule has 176 valence electrons. The number of carbonyl (C=O) groups is 2. The van der Waals surface area contributed by atoms with Gasteiger partial charge in [-0.25, -0.2) is 14.8 Å². The highest BCUT2D eigenvalue weighted by Gasteiger charge is 2.18. The molecule has 0 saturated heterocycles. The lowest BCUT2D eigenvalue weighted by atomic mass is 10.2. The number of ether oxygens (including phenoxy) is 3. The van der Waals surface area contributed by atoms with Crippen LogP contribution in [0.2, 0.25) is 0 Å². The zero-order valence-electron chi connectivity index (χ0n) is 18.3. The number of carbonyl (C=O) groups excluding carboxylic acids is 2. The first-order valence-electron chi connectivity index (χ1n) is 10.6. The molecule has 0 saturated carbocycles. The van der Waals surface area contributed by atoms with Crippen LogP contribution < -0.4 is 14.8 Å². The molecule has 0 spiro atoms. The molecule has 9 nitrogen and oxygen atoms in total. The van der Waals surface area contributed by atoms with Crippen LogP contribution in [-0.4, -0.2) is 34.4 Å². The summed E-state index contributed by atoms with van der Waals surface area (Å²) in [6.07, 6.45) is 3.01. The van der Waals surface area contributed by atoms with Crippen molar-refractivity contribution in [1.82, 2.24) is 9.97 Å². The lowest BCUT2D eigenvalue weighted by Crippen LogP contribution is -2.15. The van der Waals surface area contributed by atoms with Gasteiger partial charge in [0.2, 0.25) is 18.6 Å². The molecule has 5 rings (SSSR count). The van der Waals surface area contributed by atoms with Gasteiger partial charge in [0.15, 0.2) is 11.5 Å². The Hall–Kier alpha value is -4.31. The first-order valence-corrected chi connectivity index (χ1v) is 11.6. The Balaban J connectivity index is 1.17. The van der Waals surface area contributed by atoms with Crippen LogP contribution in [0.5, 0.6) is 11.5 Å². The Bertz CT molecular complexity index is 1360. The Morgan fingerprint density at radius 2 is 1.89 bits per heavy atom. The van der Waals surface area contributed by atoms with Gasteiger partial charge in [0.1, 0.15) is 23.6 Å². The van der Waals surface area contributed by atoms with Gasteiger partial charge in [0.05, 0.1) is 11.3 Å². The highest BCUT2D eigenvalue weighted by atomic mass is 32.2. The van der Waals surface area contributed by atoms with Crippen LogP contribution in [0.4, 0.5) is 5.69 Å². The Labute approximate surface area is 204 Å². The molecule has 1 amide bonds. The number of oxazole rings is 1. The Morgan fingerprint density at radius 3 is 2.77 bits per heavy atom. The number of nitrogens with one attached hydrogen (secondary N) is 1. The molecular formula is C25H19N3O6S. The number of pyridine rings is 1. The van der Waals surface area contributed by atoms with Crippen molar-refractivity contribution in [2.75, 3.05) is 17.9 Å². The molecule has 3 heterocycles. The molecule has 10 heteroatoms. The molecular weight excluding hydrogens is 470 g/mol. The third kappa shape index (κ3) is 5.44. The largest absolute Gasteiger partial charge is 0.455 e. The van der Waals surface area contributed by atoms with Crippen molar-refractivity contribution in [3.05, 3.63) is 84.4 Å². The number of benzene rings is 2. The zero-order valence-corrected chi connectivity index (χ0v) is 19.1. The van der Waals surface area contributed by atoms with Crippen LogP contribution in [0.15, 0.2) is 82.6 Å². The molecule has 1 aliphatic heterocycles. The zero-order chi connectivity index (χ0) is 24.0. The van der Waals surface area contributed by atoms with Crippen LogP contribution in [0.25, 0.3) is 11.5 Å². The molecule has 35 heavy (non-hydrogen) atoms. The summed E-state index contributed by atoms with van der Waals surface area (Å²) in [5, 5.41) is 3.19. The molecule has 2 aromatic carbocycles. The smallest absolute Gasteiger partial charge is 0.341 e. The minimum atomic E-state index is -0.568. The summed E-state index contributed by atoms with van der Waals surface area (Å²) in [4.78, 5) is 33.7. The average Bonchev–Trinajstić information content (AvgIpc) is 3.56. The van der Waals surface area contributed by atoms with Crippen molar-refractivity contribution >= 4 is 29.3 Å². The predicted molar refractivity (Wildman–Crippen MR) is 127 cm³/mol. The summed E-state index contributed by atoms with van der Waals surface area (Å²) < 4.78 is 21.5. The molecule has 0 aliphatic carbocycles. The van der Waals surface area contributed by atoms with E-state index in [1.807, 2.05) is 30.3 Å². The van der Waals surface area contributed by atoms with Crippen molar-refractivity contribution < 1.29 is 28.2 Å². The van der Waals surface area contributed by atoms with Crippen LogP contribution in [-0.2, 0) is 16.1 Å². The van der Waals surface area contributed by atoms with Crippen molar-refractivity contribution in [2.24, 2.45) is 0 Å². The number of esters is 1. The van der Waals surface area contributed by atoms with E-state index in [9.17, 15) is 9.59 Å². The number of hydrogen-bond acceptors (Lipinski definition) is 9. The van der Waals surface area contributed by atoms with Gasteiger partial charge in [-0.1, -0.05) is 30.0 Å². The van der Waals surface area contributed by atoms with Crippen LogP contribution >= 0.6 is 11.8 Å². The Kier molecular flexibility index (Phi) is 6.62. The maximum Gasteiger partial charge on any atom is 0.341 e. The molecule has 0 atom stereocenters. The first-order chi connectivity index (χ1) is 17.2. The van der Waals surface area contributed by atoms with Crippen molar-refractivity contribution in [3.63, 3.8) is 0 Å². The van der Waals surface area contributed by atoms with E-state index in [2.05, 4.69) is 15.3 Å². The van der Waals surface area contributed by atoms with Gasteiger partial charge < -0.3 is 23.9 Å². The van der Waals surface area contributed by atoms with Crippen molar-refractivity contribution in [2.45, 2.75) is 11.6 Å². The number of rotatable bonds is 8. The van der Waals surface area contributed by atoms with E-state index >= 15 is 0 Å². The summed E-state index contributed by atoms with van der Waals surface area (Å²) in [5.41, 5.74) is 2.16. The van der Waals surface area contributed by atoms with Crippen molar-refractivity contribution in [3.8, 4) is 23.0 Å². The number of anilines is 1. The quantitative estimate of drug-likeness (QED) is 0.281. The van der Waals surface area contributed by atoms with Gasteiger partial charge >= 0.3 is 5.97 Å². The van der Waals surface area contributed by atoms with Gasteiger partial charge in [-0.05, 0) is 36.4 Å². The van der Waals surface area contributed by atoms with Crippen LogP contribution in [0, 0.1) is 0 Å². The summed E-state index contributed by atoms with van der Waals surface area (Å²) in [6.45, 7) is 0.102. The number of amides is 1.